The summed E-state index contributed by atoms with van der Waals surface area (Å²) >= 11 is 0. The molecule has 0 radical (unpaired) electrons. The van der Waals surface area contributed by atoms with Crippen LogP contribution in [0.3, 0.4) is 0 Å². The molecule has 19 nitrogen and oxygen atoms in total. The summed E-state index contributed by atoms with van der Waals surface area (Å²) in [4.78, 5) is 46.6. The number of rotatable bonds is 13. The number of benzene rings is 2. The molecule has 3 aromatic rings. The quantitative estimate of drug-likeness (QED) is 0.0714. The highest BCUT2D eigenvalue weighted by Crippen LogP contribution is 2.24. The standard InChI is InChI=1S/C24H25N7O7.C5H6N4O/c1-25-18-6-4-14(12-16(18)23(33)34)37-10-2-3-11-38-15-5-7-19(17(13-15)24(35)36)26-22(32)20-8-9-21-27-29-30-31(21)28-20;6-5-2-1-4(3-10)8-9(5)7/h4-9,12-13,25,29-30H,2-3,10-11H2,1H3,(H,26,32)(H,33,34)(H,35,36);1-3,6H,7H2. The van der Waals surface area contributed by atoms with Crippen LogP contribution in [0.1, 0.15) is 44.0 Å². The number of nitrogens with two attached hydrogens (primary N) is 1. The maximum Gasteiger partial charge on any atom is 0.337 e. The molecule has 5 rings (SSSR count). The van der Waals surface area contributed by atoms with Crippen LogP contribution in [0.2, 0.25) is 0 Å². The van der Waals surface area contributed by atoms with E-state index < -0.39 is 17.8 Å². The molecule has 0 unspecified atom stereocenters. The number of aromatic nitrogens is 2. The summed E-state index contributed by atoms with van der Waals surface area (Å²) in [5, 5.41) is 44.1. The number of nitrogen functional groups attached to an aromatic ring is 1. The minimum absolute atomic E-state index is 0.0520. The Hall–Kier alpha value is -6.76. The van der Waals surface area contributed by atoms with Crippen molar-refractivity contribution in [2.45, 2.75) is 12.8 Å². The van der Waals surface area contributed by atoms with E-state index >= 15 is 0 Å². The zero-order valence-electron chi connectivity index (χ0n) is 25.3. The van der Waals surface area contributed by atoms with Crippen LogP contribution in [0.15, 0.2) is 70.9 Å². The Bertz CT molecular complexity index is 1850. The number of carbonyl (C=O) groups is 4. The average molecular weight is 662 g/mol. The summed E-state index contributed by atoms with van der Waals surface area (Å²) in [5.74, 6) is 3.52. The highest BCUT2D eigenvalue weighted by atomic mass is 16.5. The molecule has 9 N–H and O–H groups in total. The number of hydrogen-bond donors (Lipinski definition) is 8. The number of amidine groups is 1. The highest BCUT2D eigenvalue weighted by molar-refractivity contribution is 6.48. The Kier molecular flexibility index (Phi) is 11.4. The van der Waals surface area contributed by atoms with E-state index in [1.807, 2.05) is 0 Å². The van der Waals surface area contributed by atoms with Gasteiger partial charge in [-0.25, -0.2) is 15.1 Å². The predicted octanol–water partition coefficient (Wildman–Crippen LogP) is 0.754. The second-order valence-electron chi connectivity index (χ2n) is 9.66. The molecule has 0 saturated heterocycles. The number of carboxylic acid groups (broad SMARTS) is 2. The van der Waals surface area contributed by atoms with Crippen LogP contribution in [0.5, 0.6) is 11.5 Å². The first-order valence-electron chi connectivity index (χ1n) is 14.1. The fourth-order valence-electron chi connectivity index (χ4n) is 4.03. The predicted molar refractivity (Wildman–Crippen MR) is 171 cm³/mol. The largest absolute Gasteiger partial charge is 0.494 e. The maximum absolute atomic E-state index is 12.6. The first kappa shape index (κ1) is 34.1. The number of carboxylic acids is 2. The number of nitrogens with zero attached hydrogens (tertiary/aromatic N) is 5. The number of unbranched alkanes of at least 4 members (excludes halogenated alkanes) is 1. The van der Waals surface area contributed by atoms with E-state index in [1.165, 1.54) is 41.5 Å². The number of anilines is 2. The summed E-state index contributed by atoms with van der Waals surface area (Å²) in [6.07, 6.45) is 4.84. The van der Waals surface area contributed by atoms with Gasteiger partial charge >= 0.3 is 11.9 Å². The van der Waals surface area contributed by atoms with Crippen molar-refractivity contribution in [3.8, 4) is 11.5 Å². The van der Waals surface area contributed by atoms with Crippen LogP contribution in [0, 0.1) is 5.41 Å². The van der Waals surface area contributed by atoms with Crippen molar-refractivity contribution in [2.24, 2.45) is 10.2 Å². The van der Waals surface area contributed by atoms with Gasteiger partial charge in [-0.05, 0) is 73.5 Å². The van der Waals surface area contributed by atoms with Crippen molar-refractivity contribution in [1.29, 1.82) is 5.41 Å². The number of hydrazine groups is 2. The number of aromatic carboxylic acids is 2. The van der Waals surface area contributed by atoms with E-state index in [0.717, 1.165) is 4.79 Å². The number of carbonyl (C=O) groups excluding carboxylic acids is 2. The molecule has 1 amide bonds. The van der Waals surface area contributed by atoms with Gasteiger partial charge in [0.05, 0.1) is 30.0 Å². The molecule has 0 atom stereocenters. The minimum Gasteiger partial charge on any atom is -0.494 e. The van der Waals surface area contributed by atoms with Crippen molar-refractivity contribution < 1.29 is 38.9 Å². The number of aldehydes is 1. The third-order valence-corrected chi connectivity index (χ3v) is 6.41. The zero-order chi connectivity index (χ0) is 34.6. The van der Waals surface area contributed by atoms with E-state index in [0.29, 0.717) is 55.4 Å². The van der Waals surface area contributed by atoms with Crippen molar-refractivity contribution in [3.05, 3.63) is 83.0 Å². The molecule has 0 fully saturated rings. The van der Waals surface area contributed by atoms with Crippen LogP contribution < -0.4 is 42.5 Å². The second-order valence-corrected chi connectivity index (χ2v) is 9.66. The number of hydrogen-bond acceptors (Lipinski definition) is 15. The lowest BCUT2D eigenvalue weighted by Gasteiger charge is -2.16. The average Bonchev–Trinajstić information content (AvgIpc) is 3.56. The Morgan fingerprint density at radius 2 is 1.58 bits per heavy atom. The first-order chi connectivity index (χ1) is 23.1. The SMILES string of the molecule is CNc1ccc(OCCCCOc2ccc(NC(=O)C3=NN4NNN=C4C=C3)c(C(=O)O)c2)cc1C(=O)O.N=c1ccc(C=O)nn1N. The fraction of sp³-hybridized carbons (Fsp3) is 0.172. The monoisotopic (exact) mass is 661 g/mol. The van der Waals surface area contributed by atoms with Crippen molar-refractivity contribution in [2.75, 3.05) is 36.7 Å². The normalized spacial score (nSPS) is 12.6. The summed E-state index contributed by atoms with van der Waals surface area (Å²) in [7, 11) is 1.64. The first-order valence-corrected chi connectivity index (χ1v) is 14.1. The molecule has 48 heavy (non-hydrogen) atoms. The Morgan fingerprint density at radius 1 is 0.958 bits per heavy atom. The van der Waals surface area contributed by atoms with Crippen molar-refractivity contribution in [3.63, 3.8) is 0 Å². The second kappa shape index (κ2) is 16.0. The Balaban J connectivity index is 0.000000445. The topological polar surface area (TPSA) is 271 Å². The summed E-state index contributed by atoms with van der Waals surface area (Å²) in [6.45, 7) is 0.650. The molecule has 3 heterocycles. The molecule has 250 valence electrons. The van der Waals surface area contributed by atoms with E-state index in [9.17, 15) is 29.4 Å². The number of fused-ring (bicyclic) bond motifs is 1. The van der Waals surface area contributed by atoms with Crippen LogP contribution in [-0.4, -0.2) is 81.2 Å². The molecule has 0 spiro atoms. The van der Waals surface area contributed by atoms with E-state index in [1.54, 1.807) is 31.3 Å². The Labute approximate surface area is 271 Å². The van der Waals surface area contributed by atoms with Gasteiger partial charge in [0.2, 0.25) is 0 Å². The number of hydrazone groups is 2. The van der Waals surface area contributed by atoms with Crippen molar-refractivity contribution >= 4 is 47.1 Å². The highest BCUT2D eigenvalue weighted by Gasteiger charge is 2.23. The van der Waals surface area contributed by atoms with Crippen molar-refractivity contribution in [1.82, 2.24) is 26.1 Å². The molecular formula is C29H31N11O8. The fourth-order valence-corrected chi connectivity index (χ4v) is 4.03. The number of amides is 1. The van der Waals surface area contributed by atoms with Crippen LogP contribution >= 0.6 is 0 Å². The molecule has 2 aliphatic rings. The molecule has 2 aromatic carbocycles. The van der Waals surface area contributed by atoms with Crippen LogP contribution in [0.25, 0.3) is 0 Å². The van der Waals surface area contributed by atoms with Crippen LogP contribution in [0.4, 0.5) is 11.4 Å². The minimum atomic E-state index is -1.23. The Morgan fingerprint density at radius 3 is 2.17 bits per heavy atom. The van der Waals surface area contributed by atoms with Gasteiger partial charge in [-0.2, -0.15) is 9.91 Å². The molecule has 1 aromatic heterocycles. The lowest BCUT2D eigenvalue weighted by Crippen LogP contribution is -2.40. The van der Waals surface area contributed by atoms with Gasteiger partial charge in [-0.15, -0.1) is 20.8 Å². The van der Waals surface area contributed by atoms with Gasteiger partial charge in [-0.3, -0.25) is 15.0 Å². The van der Waals surface area contributed by atoms with E-state index in [4.69, 9.17) is 20.7 Å². The molecule has 2 aliphatic heterocycles. The number of ether oxygens (including phenoxy) is 2. The van der Waals surface area contributed by atoms with Crippen LogP contribution in [-0.2, 0) is 4.79 Å². The molecule has 0 aliphatic carbocycles. The smallest absolute Gasteiger partial charge is 0.337 e. The van der Waals surface area contributed by atoms with Gasteiger partial charge < -0.3 is 36.2 Å². The molecule has 0 bridgehead atoms. The lowest BCUT2D eigenvalue weighted by atomic mass is 10.1. The van der Waals surface area contributed by atoms with Gasteiger partial charge in [-0.1, -0.05) is 0 Å². The summed E-state index contributed by atoms with van der Waals surface area (Å²) in [5.41, 5.74) is 6.02. The van der Waals surface area contributed by atoms with Gasteiger partial charge in [0.1, 0.15) is 17.2 Å². The molecular weight excluding hydrogens is 630 g/mol. The van der Waals surface area contributed by atoms with E-state index in [-0.39, 0.29) is 33.7 Å². The van der Waals surface area contributed by atoms with E-state index in [2.05, 4.69) is 37.0 Å². The number of nitrogens with one attached hydrogen (secondary N) is 5. The molecule has 0 saturated carbocycles. The van der Waals surface area contributed by atoms with Gasteiger partial charge in [0.25, 0.3) is 5.91 Å². The third kappa shape index (κ3) is 8.91. The zero-order valence-corrected chi connectivity index (χ0v) is 25.3. The van der Waals surface area contributed by atoms with Gasteiger partial charge in [0, 0.05) is 12.7 Å². The third-order valence-electron chi connectivity index (χ3n) is 6.41. The summed E-state index contributed by atoms with van der Waals surface area (Å²) in [6, 6.07) is 12.0. The van der Waals surface area contributed by atoms with Gasteiger partial charge in [0.15, 0.2) is 23.3 Å². The lowest BCUT2D eigenvalue weighted by molar-refractivity contribution is -0.110. The molecule has 19 heteroatoms. The maximum atomic E-state index is 12.6. The summed E-state index contributed by atoms with van der Waals surface area (Å²) < 4.78 is 11.3.